The molecule has 0 unspecified atom stereocenters. The van der Waals surface area contributed by atoms with Crippen LogP contribution in [0, 0.1) is 5.92 Å². The summed E-state index contributed by atoms with van der Waals surface area (Å²) in [7, 11) is 0. The number of ether oxygens (including phenoxy) is 1. The normalized spacial score (nSPS) is 24.9. The highest BCUT2D eigenvalue weighted by Crippen LogP contribution is 2.15. The third-order valence-electron chi connectivity index (χ3n) is 2.32. The third kappa shape index (κ3) is 4.10. The molecule has 1 saturated heterocycles. The lowest BCUT2D eigenvalue weighted by Gasteiger charge is -2.19. The van der Waals surface area contributed by atoms with E-state index in [0.29, 0.717) is 12.2 Å². The summed E-state index contributed by atoms with van der Waals surface area (Å²) in [6.45, 7) is 12.4. The first-order chi connectivity index (χ1) is 6.08. The van der Waals surface area contributed by atoms with E-state index in [2.05, 4.69) is 32.6 Å². The fourth-order valence-corrected chi connectivity index (χ4v) is 1.98. The standard InChI is InChI=1S/C11H23NO/c1-9(2)7-12-6-5-11(8-12)13-10(3)4/h9-11H,5-8H2,1-4H3/t11-/m1/s1. The van der Waals surface area contributed by atoms with Crippen molar-refractivity contribution in [3.63, 3.8) is 0 Å². The van der Waals surface area contributed by atoms with Crippen molar-refractivity contribution >= 4 is 0 Å². The van der Waals surface area contributed by atoms with E-state index in [-0.39, 0.29) is 0 Å². The molecule has 0 aromatic rings. The Hall–Kier alpha value is -0.0800. The SMILES string of the molecule is CC(C)CN1CC[C@@H](OC(C)C)C1. The molecule has 0 saturated carbocycles. The van der Waals surface area contributed by atoms with Crippen LogP contribution in [0.2, 0.25) is 0 Å². The Balaban J connectivity index is 2.20. The number of nitrogens with zero attached hydrogens (tertiary/aromatic N) is 1. The van der Waals surface area contributed by atoms with Crippen LogP contribution in [0.1, 0.15) is 34.1 Å². The Morgan fingerprint density at radius 1 is 1.31 bits per heavy atom. The van der Waals surface area contributed by atoms with Gasteiger partial charge in [-0.15, -0.1) is 0 Å². The molecule has 1 aliphatic heterocycles. The largest absolute Gasteiger partial charge is 0.374 e. The van der Waals surface area contributed by atoms with Crippen LogP contribution in [0.15, 0.2) is 0 Å². The summed E-state index contributed by atoms with van der Waals surface area (Å²) in [5.41, 5.74) is 0. The number of likely N-dealkylation sites (tertiary alicyclic amines) is 1. The summed E-state index contributed by atoms with van der Waals surface area (Å²) in [6.07, 6.45) is 2.08. The molecule has 1 fully saturated rings. The smallest absolute Gasteiger partial charge is 0.0717 e. The van der Waals surface area contributed by atoms with E-state index in [9.17, 15) is 0 Å². The van der Waals surface area contributed by atoms with Crippen molar-refractivity contribution in [2.24, 2.45) is 5.92 Å². The average Bonchev–Trinajstić information content (AvgIpc) is 2.33. The molecule has 2 heteroatoms. The minimum atomic E-state index is 0.379. The molecule has 0 bridgehead atoms. The molecule has 1 heterocycles. The highest BCUT2D eigenvalue weighted by atomic mass is 16.5. The lowest BCUT2D eigenvalue weighted by atomic mass is 10.2. The van der Waals surface area contributed by atoms with E-state index in [1.165, 1.54) is 19.5 Å². The predicted molar refractivity (Wildman–Crippen MR) is 55.9 cm³/mol. The van der Waals surface area contributed by atoms with Gasteiger partial charge in [0, 0.05) is 19.6 Å². The van der Waals surface area contributed by atoms with Crippen LogP contribution in [0.3, 0.4) is 0 Å². The van der Waals surface area contributed by atoms with Gasteiger partial charge in [-0.1, -0.05) is 13.8 Å². The molecule has 1 atom stereocenters. The fraction of sp³-hybridized carbons (Fsp3) is 1.00. The zero-order valence-electron chi connectivity index (χ0n) is 9.42. The maximum absolute atomic E-state index is 5.78. The molecule has 78 valence electrons. The highest BCUT2D eigenvalue weighted by Gasteiger charge is 2.23. The van der Waals surface area contributed by atoms with Gasteiger partial charge in [0.1, 0.15) is 0 Å². The molecule has 13 heavy (non-hydrogen) atoms. The van der Waals surface area contributed by atoms with Gasteiger partial charge in [-0.25, -0.2) is 0 Å². The molecule has 1 aliphatic rings. The summed E-state index contributed by atoms with van der Waals surface area (Å²) in [4.78, 5) is 2.51. The molecule has 0 aromatic carbocycles. The van der Waals surface area contributed by atoms with E-state index in [0.717, 1.165) is 12.5 Å². The Morgan fingerprint density at radius 3 is 2.54 bits per heavy atom. The Morgan fingerprint density at radius 2 is 2.00 bits per heavy atom. The number of hydrogen-bond donors (Lipinski definition) is 0. The quantitative estimate of drug-likeness (QED) is 0.665. The van der Waals surface area contributed by atoms with Crippen molar-refractivity contribution in [1.82, 2.24) is 4.90 Å². The number of rotatable bonds is 4. The summed E-state index contributed by atoms with van der Waals surface area (Å²) in [5.74, 6) is 0.776. The highest BCUT2D eigenvalue weighted by molar-refractivity contribution is 4.76. The zero-order valence-corrected chi connectivity index (χ0v) is 9.42. The van der Waals surface area contributed by atoms with Crippen LogP contribution in [-0.4, -0.2) is 36.7 Å². The molecular formula is C11H23NO. The van der Waals surface area contributed by atoms with Gasteiger partial charge in [0.05, 0.1) is 12.2 Å². The molecular weight excluding hydrogens is 162 g/mol. The molecule has 0 spiro atoms. The van der Waals surface area contributed by atoms with Gasteiger partial charge in [0.2, 0.25) is 0 Å². The van der Waals surface area contributed by atoms with Crippen LogP contribution in [0.4, 0.5) is 0 Å². The molecule has 1 rings (SSSR count). The van der Waals surface area contributed by atoms with E-state index >= 15 is 0 Å². The molecule has 0 aromatic heterocycles. The number of hydrogen-bond acceptors (Lipinski definition) is 2. The lowest BCUT2D eigenvalue weighted by molar-refractivity contribution is 0.0136. The van der Waals surface area contributed by atoms with Crippen LogP contribution in [-0.2, 0) is 4.74 Å². The van der Waals surface area contributed by atoms with Gasteiger partial charge in [-0.05, 0) is 26.2 Å². The second-order valence-corrected chi connectivity index (χ2v) is 4.75. The average molecular weight is 185 g/mol. The summed E-state index contributed by atoms with van der Waals surface area (Å²) >= 11 is 0. The first-order valence-corrected chi connectivity index (χ1v) is 5.45. The molecule has 0 N–H and O–H groups in total. The van der Waals surface area contributed by atoms with Gasteiger partial charge in [0.15, 0.2) is 0 Å². The van der Waals surface area contributed by atoms with Crippen molar-refractivity contribution in [2.45, 2.75) is 46.3 Å². The van der Waals surface area contributed by atoms with E-state index < -0.39 is 0 Å². The fourth-order valence-electron chi connectivity index (χ4n) is 1.98. The van der Waals surface area contributed by atoms with Gasteiger partial charge in [-0.2, -0.15) is 0 Å². The topological polar surface area (TPSA) is 12.5 Å². The second kappa shape index (κ2) is 4.97. The van der Waals surface area contributed by atoms with E-state index in [1.54, 1.807) is 0 Å². The van der Waals surface area contributed by atoms with Crippen molar-refractivity contribution in [1.29, 1.82) is 0 Å². The van der Waals surface area contributed by atoms with Gasteiger partial charge >= 0.3 is 0 Å². The van der Waals surface area contributed by atoms with Gasteiger partial charge in [0.25, 0.3) is 0 Å². The van der Waals surface area contributed by atoms with Crippen LogP contribution in [0.5, 0.6) is 0 Å². The van der Waals surface area contributed by atoms with Gasteiger partial charge in [-0.3, -0.25) is 0 Å². The third-order valence-corrected chi connectivity index (χ3v) is 2.32. The predicted octanol–water partition coefficient (Wildman–Crippen LogP) is 2.14. The van der Waals surface area contributed by atoms with Crippen LogP contribution >= 0.6 is 0 Å². The minimum Gasteiger partial charge on any atom is -0.374 e. The molecule has 2 nitrogen and oxygen atoms in total. The van der Waals surface area contributed by atoms with E-state index in [1.807, 2.05) is 0 Å². The van der Waals surface area contributed by atoms with Crippen molar-refractivity contribution < 1.29 is 4.74 Å². The Kier molecular flexibility index (Phi) is 4.20. The Labute approximate surface area is 82.3 Å². The van der Waals surface area contributed by atoms with Crippen LogP contribution in [0.25, 0.3) is 0 Å². The Bertz CT molecular complexity index is 129. The summed E-state index contributed by atoms with van der Waals surface area (Å²) in [5, 5.41) is 0. The molecule has 0 amide bonds. The summed E-state index contributed by atoms with van der Waals surface area (Å²) < 4.78 is 5.78. The van der Waals surface area contributed by atoms with Crippen LogP contribution < -0.4 is 0 Å². The van der Waals surface area contributed by atoms with E-state index in [4.69, 9.17) is 4.74 Å². The van der Waals surface area contributed by atoms with Gasteiger partial charge < -0.3 is 9.64 Å². The van der Waals surface area contributed by atoms with Crippen molar-refractivity contribution in [3.8, 4) is 0 Å². The molecule has 0 radical (unpaired) electrons. The first-order valence-electron chi connectivity index (χ1n) is 5.45. The van der Waals surface area contributed by atoms with Crippen molar-refractivity contribution in [2.75, 3.05) is 19.6 Å². The van der Waals surface area contributed by atoms with Crippen molar-refractivity contribution in [3.05, 3.63) is 0 Å². The summed E-state index contributed by atoms with van der Waals surface area (Å²) in [6, 6.07) is 0. The maximum atomic E-state index is 5.78. The lowest BCUT2D eigenvalue weighted by Crippen LogP contribution is -2.28. The minimum absolute atomic E-state index is 0.379. The first kappa shape index (κ1) is 11.0. The zero-order chi connectivity index (χ0) is 9.84. The maximum Gasteiger partial charge on any atom is 0.0717 e. The second-order valence-electron chi connectivity index (χ2n) is 4.75. The molecule has 0 aliphatic carbocycles. The monoisotopic (exact) mass is 185 g/mol.